The lowest BCUT2D eigenvalue weighted by Crippen LogP contribution is -2.18. The highest BCUT2D eigenvalue weighted by Gasteiger charge is 2.20. The zero-order valence-electron chi connectivity index (χ0n) is 9.05. The summed E-state index contributed by atoms with van der Waals surface area (Å²) in [6, 6.07) is 1.92. The van der Waals surface area contributed by atoms with Crippen LogP contribution in [-0.2, 0) is 13.0 Å². The quantitative estimate of drug-likeness (QED) is 0.838. The molecule has 1 aliphatic rings. The van der Waals surface area contributed by atoms with Gasteiger partial charge in [-0.05, 0) is 39.5 Å². The van der Waals surface area contributed by atoms with Crippen molar-refractivity contribution < 1.29 is 14.7 Å². The molecule has 0 atom stereocenters. The molecule has 88 valence electrons. The first-order chi connectivity index (χ1) is 7.77. The van der Waals surface area contributed by atoms with Gasteiger partial charge in [-0.1, -0.05) is 6.92 Å². The van der Waals surface area contributed by atoms with Crippen molar-refractivity contribution >= 4 is 15.9 Å². The van der Waals surface area contributed by atoms with Crippen LogP contribution in [0, 0.1) is 0 Å². The first-order valence-corrected chi connectivity index (χ1v) is 6.04. The van der Waals surface area contributed by atoms with Crippen LogP contribution in [0.25, 0.3) is 0 Å². The SMILES string of the molecule is CCc1c(CNO)cc2c(c1Br)OCCO2. The Hall–Kier alpha value is -0.780. The van der Waals surface area contributed by atoms with Crippen molar-refractivity contribution in [3.8, 4) is 11.5 Å². The molecule has 1 aliphatic heterocycles. The first-order valence-electron chi connectivity index (χ1n) is 5.24. The third-order valence-electron chi connectivity index (χ3n) is 2.59. The molecule has 0 aliphatic carbocycles. The minimum Gasteiger partial charge on any atom is -0.486 e. The summed E-state index contributed by atoms with van der Waals surface area (Å²) in [5.74, 6) is 1.50. The van der Waals surface area contributed by atoms with Gasteiger partial charge in [-0.2, -0.15) is 0 Å². The van der Waals surface area contributed by atoms with Gasteiger partial charge in [0.1, 0.15) is 13.2 Å². The number of halogens is 1. The van der Waals surface area contributed by atoms with Crippen molar-refractivity contribution in [2.24, 2.45) is 0 Å². The standard InChI is InChI=1S/C11H14BrNO3/c1-2-8-7(6-13-14)5-9-11(10(8)12)16-4-3-15-9/h5,13-14H,2-4,6H2,1H3. The van der Waals surface area contributed by atoms with Gasteiger partial charge in [0.15, 0.2) is 11.5 Å². The molecule has 0 bridgehead atoms. The summed E-state index contributed by atoms with van der Waals surface area (Å²) in [6.45, 7) is 3.61. The van der Waals surface area contributed by atoms with Crippen molar-refractivity contribution in [2.45, 2.75) is 19.9 Å². The molecule has 4 nitrogen and oxygen atoms in total. The molecule has 0 aromatic heterocycles. The van der Waals surface area contributed by atoms with Gasteiger partial charge in [-0.3, -0.25) is 0 Å². The zero-order valence-corrected chi connectivity index (χ0v) is 10.6. The molecule has 1 aromatic rings. The number of nitrogens with one attached hydrogen (secondary N) is 1. The fourth-order valence-corrected chi connectivity index (χ4v) is 2.70. The normalized spacial score (nSPS) is 13.9. The first kappa shape index (κ1) is 11.7. The Kier molecular flexibility index (Phi) is 3.68. The Balaban J connectivity index is 2.50. The number of fused-ring (bicyclic) bond motifs is 1. The van der Waals surface area contributed by atoms with E-state index in [0.29, 0.717) is 19.8 Å². The van der Waals surface area contributed by atoms with Crippen LogP contribution in [0.4, 0.5) is 0 Å². The number of rotatable bonds is 3. The molecule has 0 amide bonds. The van der Waals surface area contributed by atoms with Gasteiger partial charge in [0.25, 0.3) is 0 Å². The number of hydrogen-bond acceptors (Lipinski definition) is 4. The highest BCUT2D eigenvalue weighted by molar-refractivity contribution is 9.10. The molecule has 0 saturated carbocycles. The lowest BCUT2D eigenvalue weighted by atomic mass is 10.0. The monoisotopic (exact) mass is 287 g/mol. The minimum atomic E-state index is 0.401. The molecule has 0 unspecified atom stereocenters. The second-order valence-corrected chi connectivity index (χ2v) is 4.33. The van der Waals surface area contributed by atoms with Crippen LogP contribution in [0.3, 0.4) is 0 Å². The number of hydroxylamine groups is 1. The molecule has 5 heteroatoms. The fourth-order valence-electron chi connectivity index (χ4n) is 1.86. The maximum atomic E-state index is 8.80. The Bertz CT molecular complexity index is 395. The molecule has 0 spiro atoms. The third-order valence-corrected chi connectivity index (χ3v) is 3.43. The molecule has 16 heavy (non-hydrogen) atoms. The Morgan fingerprint density at radius 1 is 1.44 bits per heavy atom. The highest BCUT2D eigenvalue weighted by atomic mass is 79.9. The highest BCUT2D eigenvalue weighted by Crippen LogP contribution is 2.41. The molecule has 1 aromatic carbocycles. The Morgan fingerprint density at radius 2 is 2.19 bits per heavy atom. The molecular weight excluding hydrogens is 274 g/mol. The predicted molar refractivity (Wildman–Crippen MR) is 63.1 cm³/mol. The van der Waals surface area contributed by atoms with E-state index in [4.69, 9.17) is 14.7 Å². The molecule has 2 N–H and O–H groups in total. The van der Waals surface area contributed by atoms with Gasteiger partial charge >= 0.3 is 0 Å². The average molecular weight is 288 g/mol. The van der Waals surface area contributed by atoms with Crippen LogP contribution in [0.5, 0.6) is 11.5 Å². The summed E-state index contributed by atoms with van der Waals surface area (Å²) in [5, 5.41) is 8.80. The van der Waals surface area contributed by atoms with E-state index in [0.717, 1.165) is 33.5 Å². The van der Waals surface area contributed by atoms with Crippen LogP contribution in [0.2, 0.25) is 0 Å². The van der Waals surface area contributed by atoms with Gasteiger partial charge in [0.05, 0.1) is 4.47 Å². The summed E-state index contributed by atoms with van der Waals surface area (Å²) in [7, 11) is 0. The summed E-state index contributed by atoms with van der Waals surface area (Å²) in [5.41, 5.74) is 4.32. The van der Waals surface area contributed by atoms with Gasteiger partial charge < -0.3 is 14.7 Å². The van der Waals surface area contributed by atoms with Crippen LogP contribution in [0.1, 0.15) is 18.1 Å². The lowest BCUT2D eigenvalue weighted by molar-refractivity contribution is 0.158. The van der Waals surface area contributed by atoms with E-state index in [9.17, 15) is 0 Å². The number of ether oxygens (including phenoxy) is 2. The molecular formula is C11H14BrNO3. The van der Waals surface area contributed by atoms with E-state index < -0.39 is 0 Å². The van der Waals surface area contributed by atoms with Crippen molar-refractivity contribution in [3.63, 3.8) is 0 Å². The molecule has 1 heterocycles. The zero-order chi connectivity index (χ0) is 11.5. The predicted octanol–water partition coefficient (Wildman–Crippen LogP) is 2.26. The van der Waals surface area contributed by atoms with Crippen LogP contribution in [-0.4, -0.2) is 18.4 Å². The molecule has 0 radical (unpaired) electrons. The summed E-state index contributed by atoms with van der Waals surface area (Å²) >= 11 is 3.53. The van der Waals surface area contributed by atoms with Gasteiger partial charge in [0.2, 0.25) is 0 Å². The van der Waals surface area contributed by atoms with Crippen LogP contribution >= 0.6 is 15.9 Å². The summed E-state index contributed by atoms with van der Waals surface area (Å²) in [6.07, 6.45) is 0.869. The fraction of sp³-hybridized carbons (Fsp3) is 0.455. The topological polar surface area (TPSA) is 50.7 Å². The van der Waals surface area contributed by atoms with Crippen molar-refractivity contribution in [3.05, 3.63) is 21.7 Å². The van der Waals surface area contributed by atoms with Gasteiger partial charge in [-0.15, -0.1) is 0 Å². The maximum absolute atomic E-state index is 8.80. The lowest BCUT2D eigenvalue weighted by Gasteiger charge is -2.22. The van der Waals surface area contributed by atoms with E-state index in [1.807, 2.05) is 6.07 Å². The molecule has 2 rings (SSSR count). The van der Waals surface area contributed by atoms with E-state index in [1.165, 1.54) is 0 Å². The van der Waals surface area contributed by atoms with Crippen molar-refractivity contribution in [1.82, 2.24) is 5.48 Å². The maximum Gasteiger partial charge on any atom is 0.175 e. The van der Waals surface area contributed by atoms with E-state index in [1.54, 1.807) is 0 Å². The van der Waals surface area contributed by atoms with E-state index >= 15 is 0 Å². The number of hydrogen-bond donors (Lipinski definition) is 2. The van der Waals surface area contributed by atoms with Crippen LogP contribution in [0.15, 0.2) is 10.5 Å². The minimum absolute atomic E-state index is 0.401. The van der Waals surface area contributed by atoms with E-state index in [-0.39, 0.29) is 0 Å². The molecule has 0 fully saturated rings. The Morgan fingerprint density at radius 3 is 2.88 bits per heavy atom. The van der Waals surface area contributed by atoms with Crippen molar-refractivity contribution in [1.29, 1.82) is 0 Å². The second-order valence-electron chi connectivity index (χ2n) is 3.54. The smallest absolute Gasteiger partial charge is 0.175 e. The van der Waals surface area contributed by atoms with Gasteiger partial charge in [0, 0.05) is 6.54 Å². The van der Waals surface area contributed by atoms with Gasteiger partial charge in [-0.25, -0.2) is 5.48 Å². The number of benzene rings is 1. The largest absolute Gasteiger partial charge is 0.486 e. The molecule has 0 saturated heterocycles. The second kappa shape index (κ2) is 5.03. The summed E-state index contributed by atoms with van der Waals surface area (Å²) in [4.78, 5) is 0. The third kappa shape index (κ3) is 2.03. The van der Waals surface area contributed by atoms with Crippen molar-refractivity contribution in [2.75, 3.05) is 13.2 Å². The summed E-state index contributed by atoms with van der Waals surface area (Å²) < 4.78 is 12.0. The van der Waals surface area contributed by atoms with E-state index in [2.05, 4.69) is 28.3 Å². The van der Waals surface area contributed by atoms with Crippen LogP contribution < -0.4 is 15.0 Å². The Labute approximate surface area is 103 Å². The average Bonchev–Trinajstić information content (AvgIpc) is 2.30.